The summed E-state index contributed by atoms with van der Waals surface area (Å²) in [6.07, 6.45) is 6.64. The third-order valence-corrected chi connectivity index (χ3v) is 5.10. The monoisotopic (exact) mass is 328 g/mol. The van der Waals surface area contributed by atoms with Crippen LogP contribution < -0.4 is 5.06 Å². The van der Waals surface area contributed by atoms with Crippen molar-refractivity contribution in [2.45, 2.75) is 19.3 Å². The highest BCUT2D eigenvalue weighted by Gasteiger charge is 2.39. The number of nitroso groups, excluding NO2 is 1. The molecule has 0 atom stereocenters. The number of benzene rings is 2. The average molecular weight is 328 g/mol. The van der Waals surface area contributed by atoms with E-state index in [1.807, 2.05) is 48.5 Å². The molecule has 0 fully saturated rings. The van der Waals surface area contributed by atoms with Crippen molar-refractivity contribution >= 4 is 23.5 Å². The maximum atomic E-state index is 13.1. The van der Waals surface area contributed by atoms with Gasteiger partial charge >= 0.3 is 0 Å². The summed E-state index contributed by atoms with van der Waals surface area (Å²) in [7, 11) is 0. The number of allylic oxidation sites excluding steroid dienone is 2. The lowest BCUT2D eigenvalue weighted by Crippen LogP contribution is -2.25. The Hall–Kier alpha value is -2.98. The van der Waals surface area contributed by atoms with Gasteiger partial charge < -0.3 is 10.3 Å². The summed E-state index contributed by atoms with van der Waals surface area (Å²) >= 11 is 0. The second-order valence-electron chi connectivity index (χ2n) is 6.60. The van der Waals surface area contributed by atoms with Gasteiger partial charge in [-0.15, -0.1) is 0 Å². The molecule has 0 unspecified atom stereocenters. The Morgan fingerprint density at radius 1 is 0.880 bits per heavy atom. The molecule has 4 nitrogen and oxygen atoms in total. The summed E-state index contributed by atoms with van der Waals surface area (Å²) in [5, 5.41) is 14.1. The van der Waals surface area contributed by atoms with Gasteiger partial charge in [0.25, 0.3) is 11.4 Å². The largest absolute Gasteiger partial charge is 0.754 e. The van der Waals surface area contributed by atoms with E-state index in [-0.39, 0.29) is 0 Å². The second-order valence-corrected chi connectivity index (χ2v) is 6.60. The Kier molecular flexibility index (Phi) is 3.02. The van der Waals surface area contributed by atoms with Crippen molar-refractivity contribution in [3.8, 4) is 0 Å². The van der Waals surface area contributed by atoms with E-state index in [1.165, 1.54) is 0 Å². The third kappa shape index (κ3) is 2.04. The molecule has 2 aromatic rings. The lowest BCUT2D eigenvalue weighted by atomic mass is 9.95. The topological polar surface area (TPSA) is 46.4 Å². The molecule has 3 aliphatic rings. The van der Waals surface area contributed by atoms with Crippen LogP contribution in [0.1, 0.15) is 30.4 Å². The fourth-order valence-corrected chi connectivity index (χ4v) is 3.95. The van der Waals surface area contributed by atoms with Crippen molar-refractivity contribution in [3.63, 3.8) is 0 Å². The molecule has 2 aliphatic heterocycles. The molecule has 0 radical (unpaired) electrons. The Bertz CT molecular complexity index is 1010. The van der Waals surface area contributed by atoms with Crippen LogP contribution in [0.25, 0.3) is 12.2 Å². The van der Waals surface area contributed by atoms with Gasteiger partial charge in [0.05, 0.1) is 10.3 Å². The molecule has 1 aliphatic carbocycles. The number of hydroxylamine groups is 1. The molecule has 25 heavy (non-hydrogen) atoms. The molecule has 4 heteroatoms. The van der Waals surface area contributed by atoms with Gasteiger partial charge in [0.2, 0.25) is 0 Å². The molecule has 2 heterocycles. The molecule has 0 spiro atoms. The van der Waals surface area contributed by atoms with E-state index in [4.69, 9.17) is 0 Å². The second kappa shape index (κ2) is 5.26. The Morgan fingerprint density at radius 2 is 1.56 bits per heavy atom. The number of para-hydroxylation sites is 2. The van der Waals surface area contributed by atoms with Crippen LogP contribution in [-0.2, 0) is 0 Å². The molecular weight excluding hydrogens is 312 g/mol. The molecule has 0 aromatic heterocycles. The van der Waals surface area contributed by atoms with E-state index < -0.39 is 0 Å². The third-order valence-electron chi connectivity index (χ3n) is 5.10. The van der Waals surface area contributed by atoms with Crippen LogP contribution in [0.5, 0.6) is 0 Å². The highest BCUT2D eigenvalue weighted by molar-refractivity contribution is 5.82. The smallest absolute Gasteiger partial charge is 0.289 e. The van der Waals surface area contributed by atoms with Crippen molar-refractivity contribution < 1.29 is 4.76 Å². The summed E-state index contributed by atoms with van der Waals surface area (Å²) in [5.41, 5.74) is 5.94. The van der Waals surface area contributed by atoms with Crippen LogP contribution in [0.15, 0.2) is 71.1 Å². The predicted octanol–water partition coefficient (Wildman–Crippen LogP) is 5.29. The van der Waals surface area contributed by atoms with Gasteiger partial charge in [-0.3, -0.25) is 0 Å². The van der Waals surface area contributed by atoms with Gasteiger partial charge in [-0.25, -0.2) is 0 Å². The van der Waals surface area contributed by atoms with Gasteiger partial charge in [0.15, 0.2) is 0 Å². The number of hydrogen-bond acceptors (Lipinski definition) is 3. The fourth-order valence-electron chi connectivity index (χ4n) is 3.95. The van der Waals surface area contributed by atoms with Crippen LogP contribution in [-0.4, -0.2) is 4.76 Å². The lowest BCUT2D eigenvalue weighted by Gasteiger charge is -2.38. The first-order valence-corrected chi connectivity index (χ1v) is 8.53. The Balaban J connectivity index is 1.80. The van der Waals surface area contributed by atoms with Crippen molar-refractivity contribution in [1.82, 2.24) is 0 Å². The summed E-state index contributed by atoms with van der Waals surface area (Å²) in [5.74, 6) is 0. The van der Waals surface area contributed by atoms with Crippen LogP contribution in [0.4, 0.5) is 11.4 Å². The standard InChI is InChI=1S/C21H16N2O2/c24-22-18-10-3-1-6-14(18)12-16-8-5-9-17-13-15-7-2-4-11-19(15)23(25)21(17)20(16)22/h1-4,6-7,10-13H,5,8-9H2. The van der Waals surface area contributed by atoms with Crippen molar-refractivity contribution in [3.05, 3.63) is 92.3 Å². The van der Waals surface area contributed by atoms with E-state index in [1.54, 1.807) is 0 Å². The van der Waals surface area contributed by atoms with E-state index in [0.717, 1.165) is 51.4 Å². The van der Waals surface area contributed by atoms with Gasteiger partial charge in [0.1, 0.15) is 5.70 Å². The average Bonchev–Trinajstić information content (AvgIpc) is 2.82. The first-order chi connectivity index (χ1) is 12.2. The van der Waals surface area contributed by atoms with Gasteiger partial charge in [0, 0.05) is 22.2 Å². The maximum Gasteiger partial charge on any atom is 0.289 e. The Morgan fingerprint density at radius 3 is 2.44 bits per heavy atom. The van der Waals surface area contributed by atoms with Gasteiger partial charge in [-0.05, 0) is 54.7 Å². The molecular formula is C21H16N2O2. The Labute approximate surface area is 145 Å². The van der Waals surface area contributed by atoms with Crippen molar-refractivity contribution in [2.24, 2.45) is 0 Å². The van der Waals surface area contributed by atoms with Crippen LogP contribution in [0.2, 0.25) is 0 Å². The summed E-state index contributed by atoms with van der Waals surface area (Å²) in [4.78, 5) is 13.1. The quantitative estimate of drug-likeness (QED) is 0.617. The lowest BCUT2D eigenvalue weighted by molar-refractivity contribution is -0.405. The molecule has 0 bridgehead atoms. The minimum Gasteiger partial charge on any atom is -0.754 e. The number of anilines is 1. The highest BCUT2D eigenvalue weighted by Crippen LogP contribution is 2.45. The predicted molar refractivity (Wildman–Crippen MR) is 98.8 cm³/mol. The van der Waals surface area contributed by atoms with Crippen molar-refractivity contribution in [2.75, 3.05) is 5.06 Å². The fraction of sp³-hybridized carbons (Fsp3) is 0.143. The van der Waals surface area contributed by atoms with E-state index >= 15 is 0 Å². The van der Waals surface area contributed by atoms with Crippen LogP contribution in [0.3, 0.4) is 0 Å². The summed E-state index contributed by atoms with van der Waals surface area (Å²) < 4.78 is 0.942. The molecule has 2 aromatic carbocycles. The number of fused-ring (bicyclic) bond motifs is 4. The highest BCUT2D eigenvalue weighted by atomic mass is 16.5. The molecule has 122 valence electrons. The van der Waals surface area contributed by atoms with Gasteiger partial charge in [-0.2, -0.15) is 0 Å². The zero-order valence-corrected chi connectivity index (χ0v) is 13.6. The minimum atomic E-state index is 0.506. The first-order valence-electron chi connectivity index (χ1n) is 8.53. The minimum absolute atomic E-state index is 0.506. The molecule has 5 rings (SSSR count). The summed E-state index contributed by atoms with van der Waals surface area (Å²) in [6, 6.07) is 15.1. The van der Waals surface area contributed by atoms with E-state index in [9.17, 15) is 10.1 Å². The molecule has 0 N–H and O–H groups in total. The van der Waals surface area contributed by atoms with Crippen LogP contribution in [0, 0.1) is 10.1 Å². The summed E-state index contributed by atoms with van der Waals surface area (Å²) in [6.45, 7) is 0. The number of nitrogens with zero attached hydrogens (tertiary/aromatic N) is 2. The molecule has 0 amide bonds. The van der Waals surface area contributed by atoms with Crippen LogP contribution >= 0.6 is 0 Å². The van der Waals surface area contributed by atoms with E-state index in [2.05, 4.69) is 12.2 Å². The molecule has 0 saturated carbocycles. The first kappa shape index (κ1) is 14.4. The zero-order valence-electron chi connectivity index (χ0n) is 13.6. The van der Waals surface area contributed by atoms with Gasteiger partial charge in [-0.1, -0.05) is 30.3 Å². The zero-order chi connectivity index (χ0) is 17.0. The SMILES string of the molecule is O=[N+]1C2=C3C(=Cc4ccccc4N3[O-])CCCC2=Cc2ccccc21. The normalized spacial score (nSPS) is 18.4. The number of rotatable bonds is 0. The van der Waals surface area contributed by atoms with E-state index in [0.29, 0.717) is 22.8 Å². The van der Waals surface area contributed by atoms with Crippen molar-refractivity contribution in [1.29, 1.82) is 0 Å². The maximum absolute atomic E-state index is 13.1. The molecule has 0 saturated heterocycles. The number of hydrogen-bond donors (Lipinski definition) is 0.